The minimum Gasteiger partial charge on any atom is -0.444 e. The molecule has 0 spiro atoms. The lowest BCUT2D eigenvalue weighted by atomic mass is 10.0. The van der Waals surface area contributed by atoms with Gasteiger partial charge in [-0.25, -0.2) is 4.79 Å². The Morgan fingerprint density at radius 2 is 2.03 bits per heavy atom. The van der Waals surface area contributed by atoms with E-state index in [0.29, 0.717) is 31.6 Å². The summed E-state index contributed by atoms with van der Waals surface area (Å²) < 4.78 is 7.38. The second-order valence-corrected chi connectivity index (χ2v) is 8.86. The molecule has 0 saturated heterocycles. The number of carbonyl (C=O) groups is 2. The van der Waals surface area contributed by atoms with Crippen LogP contribution in [0.1, 0.15) is 74.6 Å². The van der Waals surface area contributed by atoms with Crippen LogP contribution < -0.4 is 10.6 Å². The fraction of sp³-hybridized carbons (Fsp3) is 0.636. The van der Waals surface area contributed by atoms with E-state index in [0.717, 1.165) is 43.5 Å². The highest BCUT2D eigenvalue weighted by Crippen LogP contribution is 2.36. The molecule has 2 amide bonds. The van der Waals surface area contributed by atoms with Crippen molar-refractivity contribution in [3.8, 4) is 12.3 Å². The number of carbonyl (C=O) groups excluding carboxylic acids is 2. The normalized spacial score (nSPS) is 16.3. The molecule has 1 aromatic rings. The summed E-state index contributed by atoms with van der Waals surface area (Å²) in [6, 6.07) is 1.88. The van der Waals surface area contributed by atoms with Crippen molar-refractivity contribution in [2.75, 3.05) is 6.54 Å². The van der Waals surface area contributed by atoms with Gasteiger partial charge in [0.2, 0.25) is 0 Å². The average Bonchev–Trinajstić information content (AvgIpc) is 3.35. The minimum absolute atomic E-state index is 0.116. The van der Waals surface area contributed by atoms with Gasteiger partial charge in [-0.2, -0.15) is 10.2 Å². The second-order valence-electron chi connectivity index (χ2n) is 8.86. The fourth-order valence-electron chi connectivity index (χ4n) is 3.72. The van der Waals surface area contributed by atoms with Crippen LogP contribution in [0, 0.1) is 12.3 Å². The van der Waals surface area contributed by atoms with Gasteiger partial charge in [-0.05, 0) is 51.7 Å². The lowest BCUT2D eigenvalue weighted by Gasteiger charge is -2.21. The van der Waals surface area contributed by atoms with E-state index in [4.69, 9.17) is 11.2 Å². The predicted molar refractivity (Wildman–Crippen MR) is 113 cm³/mol. The zero-order valence-electron chi connectivity index (χ0n) is 18.1. The van der Waals surface area contributed by atoms with Gasteiger partial charge in [0.1, 0.15) is 11.3 Å². The molecule has 30 heavy (non-hydrogen) atoms. The lowest BCUT2D eigenvalue weighted by Crippen LogP contribution is -2.32. The van der Waals surface area contributed by atoms with Crippen molar-refractivity contribution in [3.63, 3.8) is 0 Å². The Hall–Kier alpha value is -2.82. The molecule has 8 nitrogen and oxygen atoms in total. The molecule has 0 aliphatic carbocycles. The molecule has 0 saturated carbocycles. The summed E-state index contributed by atoms with van der Waals surface area (Å²) in [6.45, 7) is 7.12. The van der Waals surface area contributed by atoms with Gasteiger partial charge in [0.15, 0.2) is 5.66 Å². The van der Waals surface area contributed by atoms with Crippen LogP contribution in [-0.4, -0.2) is 34.4 Å². The van der Waals surface area contributed by atoms with Gasteiger partial charge in [0, 0.05) is 44.6 Å². The molecule has 0 aromatic carbocycles. The third-order valence-corrected chi connectivity index (χ3v) is 5.26. The summed E-state index contributed by atoms with van der Waals surface area (Å²) in [5, 5.41) is 14.0. The van der Waals surface area contributed by atoms with Crippen LogP contribution in [0.3, 0.4) is 0 Å². The number of hydrogen-bond acceptors (Lipinski definition) is 5. The SMILES string of the molecule is C#CCCC1(CCNC(=O)c2cc(CNC(=O)OC(C)(C)C)c3n2CCCC3)N=N1. The Bertz CT molecular complexity index is 867. The Morgan fingerprint density at radius 3 is 2.70 bits per heavy atom. The molecular formula is C22H31N5O3. The Kier molecular flexibility index (Phi) is 6.49. The van der Waals surface area contributed by atoms with E-state index in [-0.39, 0.29) is 5.91 Å². The smallest absolute Gasteiger partial charge is 0.407 e. The maximum Gasteiger partial charge on any atom is 0.407 e. The van der Waals surface area contributed by atoms with Gasteiger partial charge in [-0.1, -0.05) is 0 Å². The molecule has 1 aromatic heterocycles. The van der Waals surface area contributed by atoms with Crippen LogP contribution in [-0.2, 0) is 24.2 Å². The standard InChI is InChI=1S/C22H31N5O3/c1-5-6-10-22(25-26-22)11-12-23-19(28)18-14-16(17-9-7-8-13-27(17)18)15-24-20(29)30-21(2,3)4/h1,14H,6-13,15H2,2-4H3,(H,23,28)(H,24,29). The quantitative estimate of drug-likeness (QED) is 0.638. The van der Waals surface area contributed by atoms with Crippen molar-refractivity contribution < 1.29 is 14.3 Å². The zero-order valence-corrected chi connectivity index (χ0v) is 18.1. The minimum atomic E-state index is -0.549. The number of hydrogen-bond donors (Lipinski definition) is 2. The van der Waals surface area contributed by atoms with E-state index in [1.54, 1.807) is 0 Å². The molecule has 0 radical (unpaired) electrons. The van der Waals surface area contributed by atoms with E-state index in [1.165, 1.54) is 0 Å². The molecule has 3 rings (SSSR count). The number of terminal acetylenes is 1. The van der Waals surface area contributed by atoms with E-state index in [9.17, 15) is 9.59 Å². The van der Waals surface area contributed by atoms with Crippen molar-refractivity contribution in [3.05, 3.63) is 23.0 Å². The number of aromatic nitrogens is 1. The first-order valence-electron chi connectivity index (χ1n) is 10.6. The van der Waals surface area contributed by atoms with Gasteiger partial charge >= 0.3 is 6.09 Å². The molecule has 0 unspecified atom stereocenters. The first-order valence-corrected chi connectivity index (χ1v) is 10.6. The first-order chi connectivity index (χ1) is 14.2. The topological polar surface area (TPSA) is 97.1 Å². The Balaban J connectivity index is 1.60. The number of rotatable bonds is 8. The lowest BCUT2D eigenvalue weighted by molar-refractivity contribution is 0.0523. The summed E-state index contributed by atoms with van der Waals surface area (Å²) in [5.74, 6) is 2.49. The number of alkyl carbamates (subject to hydrolysis) is 1. The molecular weight excluding hydrogens is 382 g/mol. The molecule has 2 aliphatic rings. The largest absolute Gasteiger partial charge is 0.444 e. The molecule has 162 valence electrons. The van der Waals surface area contributed by atoms with Crippen LogP contribution in [0.5, 0.6) is 0 Å². The third kappa shape index (κ3) is 5.62. The van der Waals surface area contributed by atoms with Gasteiger partial charge in [0.05, 0.1) is 0 Å². The van der Waals surface area contributed by atoms with Gasteiger partial charge in [-0.15, -0.1) is 12.3 Å². The molecule has 2 N–H and O–H groups in total. The van der Waals surface area contributed by atoms with Gasteiger partial charge < -0.3 is 19.9 Å². The van der Waals surface area contributed by atoms with Crippen LogP contribution >= 0.6 is 0 Å². The van der Waals surface area contributed by atoms with E-state index in [1.807, 2.05) is 26.8 Å². The first kappa shape index (κ1) is 21.9. The molecule has 0 bridgehead atoms. The Labute approximate surface area is 177 Å². The maximum absolute atomic E-state index is 12.8. The van der Waals surface area contributed by atoms with Crippen LogP contribution in [0.25, 0.3) is 0 Å². The zero-order chi connectivity index (χ0) is 21.8. The number of amides is 2. The number of fused-ring (bicyclic) bond motifs is 1. The van der Waals surface area contributed by atoms with E-state index < -0.39 is 17.4 Å². The number of nitrogens with zero attached hydrogens (tertiary/aromatic N) is 3. The van der Waals surface area contributed by atoms with E-state index >= 15 is 0 Å². The highest BCUT2D eigenvalue weighted by molar-refractivity contribution is 5.93. The highest BCUT2D eigenvalue weighted by atomic mass is 16.6. The summed E-state index contributed by atoms with van der Waals surface area (Å²) in [4.78, 5) is 24.8. The van der Waals surface area contributed by atoms with Crippen molar-refractivity contribution in [1.82, 2.24) is 15.2 Å². The molecule has 0 fully saturated rings. The van der Waals surface area contributed by atoms with Crippen LogP contribution in [0.15, 0.2) is 16.3 Å². The van der Waals surface area contributed by atoms with E-state index in [2.05, 4.69) is 31.3 Å². The third-order valence-electron chi connectivity index (χ3n) is 5.26. The monoisotopic (exact) mass is 413 g/mol. The Morgan fingerprint density at radius 1 is 1.27 bits per heavy atom. The summed E-state index contributed by atoms with van der Waals surface area (Å²) in [6.07, 6.45) is 9.86. The van der Waals surface area contributed by atoms with Crippen LogP contribution in [0.2, 0.25) is 0 Å². The molecule has 3 heterocycles. The van der Waals surface area contributed by atoms with Crippen molar-refractivity contribution in [1.29, 1.82) is 0 Å². The van der Waals surface area contributed by atoms with Crippen molar-refractivity contribution in [2.24, 2.45) is 10.2 Å². The second kappa shape index (κ2) is 8.90. The predicted octanol–water partition coefficient (Wildman–Crippen LogP) is 3.54. The number of ether oxygens (including phenoxy) is 1. The molecule has 8 heteroatoms. The van der Waals surface area contributed by atoms with Crippen molar-refractivity contribution >= 4 is 12.0 Å². The summed E-state index contributed by atoms with van der Waals surface area (Å²) >= 11 is 0. The molecule has 0 atom stereocenters. The van der Waals surface area contributed by atoms with Gasteiger partial charge in [0.25, 0.3) is 5.91 Å². The maximum atomic E-state index is 12.8. The summed E-state index contributed by atoms with van der Waals surface area (Å²) in [7, 11) is 0. The van der Waals surface area contributed by atoms with Crippen LogP contribution in [0.4, 0.5) is 4.79 Å². The number of nitrogens with one attached hydrogen (secondary N) is 2. The fourth-order valence-corrected chi connectivity index (χ4v) is 3.72. The molecule has 2 aliphatic heterocycles. The van der Waals surface area contributed by atoms with Gasteiger partial charge in [-0.3, -0.25) is 4.79 Å². The van der Waals surface area contributed by atoms with Crippen molar-refractivity contribution in [2.45, 2.75) is 83.6 Å². The average molecular weight is 414 g/mol. The summed E-state index contributed by atoms with van der Waals surface area (Å²) in [5.41, 5.74) is 1.75. The highest BCUT2D eigenvalue weighted by Gasteiger charge is 2.38.